The van der Waals surface area contributed by atoms with E-state index in [1.165, 1.54) is 0 Å². The van der Waals surface area contributed by atoms with Crippen LogP contribution < -0.4 is 10.6 Å². The van der Waals surface area contributed by atoms with Gasteiger partial charge in [0.15, 0.2) is 0 Å². The average Bonchev–Trinajstić information content (AvgIpc) is 2.23. The molecule has 0 saturated carbocycles. The molecule has 1 heterocycles. The summed E-state index contributed by atoms with van der Waals surface area (Å²) in [5.41, 5.74) is 7.68. The Morgan fingerprint density at radius 2 is 1.75 bits per heavy atom. The van der Waals surface area contributed by atoms with Crippen LogP contribution in [-0.4, -0.2) is 24.3 Å². The fourth-order valence-corrected chi connectivity index (χ4v) is 3.40. The van der Waals surface area contributed by atoms with Gasteiger partial charge >= 0.3 is 0 Å². The molecule has 0 aliphatic carbocycles. The van der Waals surface area contributed by atoms with E-state index in [-0.39, 0.29) is 17.2 Å². The van der Waals surface area contributed by atoms with Crippen molar-refractivity contribution < 1.29 is 4.74 Å². The number of nitrogens with two attached hydrogens (primary N) is 1. The second kappa shape index (κ2) is 5.21. The van der Waals surface area contributed by atoms with E-state index in [0.717, 1.165) is 29.4 Å². The molecule has 3 nitrogen and oxygen atoms in total. The van der Waals surface area contributed by atoms with Crippen molar-refractivity contribution >= 4 is 17.3 Å². The third-order valence-electron chi connectivity index (χ3n) is 3.54. The second-order valence-corrected chi connectivity index (χ2v) is 7.38. The molecule has 1 aromatic rings. The molecule has 20 heavy (non-hydrogen) atoms. The highest BCUT2D eigenvalue weighted by atomic mass is 35.5. The molecule has 1 saturated heterocycles. The van der Waals surface area contributed by atoms with Crippen LogP contribution in [0.25, 0.3) is 0 Å². The van der Waals surface area contributed by atoms with Gasteiger partial charge in [-0.2, -0.15) is 0 Å². The lowest BCUT2D eigenvalue weighted by Crippen LogP contribution is -2.57. The van der Waals surface area contributed by atoms with Gasteiger partial charge in [0.1, 0.15) is 0 Å². The molecule has 1 fully saturated rings. The minimum Gasteiger partial charge on any atom is -0.366 e. The second-order valence-electron chi connectivity index (χ2n) is 6.97. The SMILES string of the molecule is CC(N)c1ccc(N2CC(C)(C)OC(C)(C)C2)cc1Cl. The first-order valence-electron chi connectivity index (χ1n) is 7.10. The maximum Gasteiger partial charge on any atom is 0.0808 e. The molecule has 0 spiro atoms. The van der Waals surface area contributed by atoms with Crippen LogP contribution in [0.4, 0.5) is 5.69 Å². The first kappa shape index (κ1) is 15.6. The zero-order valence-corrected chi connectivity index (χ0v) is 13.8. The zero-order valence-electron chi connectivity index (χ0n) is 13.0. The predicted octanol–water partition coefficient (Wildman–Crippen LogP) is 3.75. The van der Waals surface area contributed by atoms with E-state index in [2.05, 4.69) is 38.7 Å². The Balaban J connectivity index is 2.29. The normalized spacial score (nSPS) is 22.6. The van der Waals surface area contributed by atoms with E-state index in [4.69, 9.17) is 22.1 Å². The van der Waals surface area contributed by atoms with Gasteiger partial charge in [0, 0.05) is 29.8 Å². The highest BCUT2D eigenvalue weighted by Crippen LogP contribution is 2.33. The number of rotatable bonds is 2. The van der Waals surface area contributed by atoms with Gasteiger partial charge in [-0.15, -0.1) is 0 Å². The van der Waals surface area contributed by atoms with Gasteiger partial charge in [-0.25, -0.2) is 0 Å². The average molecular weight is 297 g/mol. The number of benzene rings is 1. The van der Waals surface area contributed by atoms with Crippen LogP contribution in [0.5, 0.6) is 0 Å². The molecule has 112 valence electrons. The summed E-state index contributed by atoms with van der Waals surface area (Å²) in [4.78, 5) is 2.33. The van der Waals surface area contributed by atoms with E-state index in [1.807, 2.05) is 19.1 Å². The lowest BCUT2D eigenvalue weighted by molar-refractivity contribution is -0.133. The summed E-state index contributed by atoms with van der Waals surface area (Å²) in [7, 11) is 0. The van der Waals surface area contributed by atoms with E-state index in [9.17, 15) is 0 Å². The highest BCUT2D eigenvalue weighted by molar-refractivity contribution is 6.31. The third kappa shape index (κ3) is 3.46. The first-order chi connectivity index (χ1) is 9.10. The molecule has 4 heteroatoms. The molecule has 1 aliphatic heterocycles. The molecule has 1 aromatic carbocycles. The maximum absolute atomic E-state index is 6.35. The summed E-state index contributed by atoms with van der Waals surface area (Å²) in [6, 6.07) is 6.09. The largest absolute Gasteiger partial charge is 0.366 e. The molecule has 2 N–H and O–H groups in total. The number of hydrogen-bond acceptors (Lipinski definition) is 3. The van der Waals surface area contributed by atoms with E-state index >= 15 is 0 Å². The maximum atomic E-state index is 6.35. The third-order valence-corrected chi connectivity index (χ3v) is 3.86. The Hall–Kier alpha value is -0.770. The van der Waals surface area contributed by atoms with Crippen molar-refractivity contribution in [3.05, 3.63) is 28.8 Å². The molecule has 0 aromatic heterocycles. The lowest BCUT2D eigenvalue weighted by Gasteiger charge is -2.48. The Morgan fingerprint density at radius 1 is 1.20 bits per heavy atom. The van der Waals surface area contributed by atoms with Gasteiger partial charge in [-0.3, -0.25) is 0 Å². The molecule has 2 rings (SSSR count). The van der Waals surface area contributed by atoms with Crippen LogP contribution in [-0.2, 0) is 4.74 Å². The highest BCUT2D eigenvalue weighted by Gasteiger charge is 2.38. The number of hydrogen-bond donors (Lipinski definition) is 1. The van der Waals surface area contributed by atoms with Crippen molar-refractivity contribution in [2.24, 2.45) is 5.73 Å². The quantitative estimate of drug-likeness (QED) is 0.903. The Kier molecular flexibility index (Phi) is 4.07. The Morgan fingerprint density at radius 3 is 2.20 bits per heavy atom. The lowest BCUT2D eigenvalue weighted by atomic mass is 9.98. The number of nitrogens with zero attached hydrogens (tertiary/aromatic N) is 1. The Bertz CT molecular complexity index is 481. The van der Waals surface area contributed by atoms with Crippen LogP contribution in [0.2, 0.25) is 5.02 Å². The number of morpholine rings is 1. The van der Waals surface area contributed by atoms with Gasteiger partial charge in [0.25, 0.3) is 0 Å². The molecular formula is C16H25ClN2O. The Labute approximate surface area is 127 Å². The number of ether oxygens (including phenoxy) is 1. The molecule has 1 atom stereocenters. The first-order valence-corrected chi connectivity index (χ1v) is 7.48. The zero-order chi connectivity index (χ0) is 15.1. The van der Waals surface area contributed by atoms with Crippen molar-refractivity contribution in [1.82, 2.24) is 0 Å². The van der Waals surface area contributed by atoms with Crippen molar-refractivity contribution in [3.63, 3.8) is 0 Å². The summed E-state index contributed by atoms with van der Waals surface area (Å²) in [5, 5.41) is 0.736. The fraction of sp³-hybridized carbons (Fsp3) is 0.625. The number of halogens is 1. The monoisotopic (exact) mass is 296 g/mol. The van der Waals surface area contributed by atoms with Crippen LogP contribution in [0.1, 0.15) is 46.2 Å². The van der Waals surface area contributed by atoms with Crippen molar-refractivity contribution in [2.45, 2.75) is 51.9 Å². The van der Waals surface area contributed by atoms with E-state index in [1.54, 1.807) is 0 Å². The summed E-state index contributed by atoms with van der Waals surface area (Å²) < 4.78 is 6.11. The summed E-state index contributed by atoms with van der Waals surface area (Å²) in [6.45, 7) is 12.1. The fourth-order valence-electron chi connectivity index (χ4n) is 3.05. The molecular weight excluding hydrogens is 272 g/mol. The molecule has 1 unspecified atom stereocenters. The van der Waals surface area contributed by atoms with Crippen molar-refractivity contribution in [3.8, 4) is 0 Å². The van der Waals surface area contributed by atoms with E-state index in [0.29, 0.717) is 0 Å². The topological polar surface area (TPSA) is 38.5 Å². The van der Waals surface area contributed by atoms with Gasteiger partial charge in [0.05, 0.1) is 11.2 Å². The van der Waals surface area contributed by atoms with Gasteiger partial charge in [0.2, 0.25) is 0 Å². The predicted molar refractivity (Wildman–Crippen MR) is 85.5 cm³/mol. The standard InChI is InChI=1S/C16H25ClN2O/c1-11(18)13-7-6-12(8-14(13)17)19-9-15(2,3)20-16(4,5)10-19/h6-8,11H,9-10,18H2,1-5H3. The van der Waals surface area contributed by atoms with Crippen LogP contribution in [0.15, 0.2) is 18.2 Å². The molecule has 0 radical (unpaired) electrons. The molecule has 1 aliphatic rings. The number of anilines is 1. The van der Waals surface area contributed by atoms with Gasteiger partial charge < -0.3 is 15.4 Å². The smallest absolute Gasteiger partial charge is 0.0808 e. The minimum atomic E-state index is -0.173. The molecule has 0 amide bonds. The summed E-state index contributed by atoms with van der Waals surface area (Å²) in [5.74, 6) is 0. The summed E-state index contributed by atoms with van der Waals surface area (Å²) in [6.07, 6.45) is 0. The van der Waals surface area contributed by atoms with Crippen molar-refractivity contribution in [1.29, 1.82) is 0 Å². The van der Waals surface area contributed by atoms with Gasteiger partial charge in [-0.05, 0) is 52.3 Å². The minimum absolute atomic E-state index is 0.0471. The van der Waals surface area contributed by atoms with E-state index < -0.39 is 0 Å². The molecule has 0 bridgehead atoms. The van der Waals surface area contributed by atoms with Crippen molar-refractivity contribution in [2.75, 3.05) is 18.0 Å². The summed E-state index contributed by atoms with van der Waals surface area (Å²) >= 11 is 6.35. The van der Waals surface area contributed by atoms with Crippen LogP contribution in [0.3, 0.4) is 0 Å². The van der Waals surface area contributed by atoms with Crippen LogP contribution in [0, 0.1) is 0 Å². The van der Waals surface area contributed by atoms with Gasteiger partial charge in [-0.1, -0.05) is 17.7 Å². The van der Waals surface area contributed by atoms with Crippen LogP contribution >= 0.6 is 11.6 Å².